The number of alkyl halides is 3. The van der Waals surface area contributed by atoms with Crippen molar-refractivity contribution in [1.82, 2.24) is 0 Å². The number of rotatable bonds is 3. The van der Waals surface area contributed by atoms with Crippen molar-refractivity contribution in [3.05, 3.63) is 59.4 Å². The molecule has 0 unspecified atom stereocenters. The van der Waals surface area contributed by atoms with Crippen LogP contribution in [0.1, 0.15) is 15.9 Å². The van der Waals surface area contributed by atoms with Gasteiger partial charge in [-0.3, -0.25) is 0 Å². The second-order valence-electron chi connectivity index (χ2n) is 4.17. The monoisotopic (exact) mass is 299 g/mol. The van der Waals surface area contributed by atoms with E-state index >= 15 is 0 Å². The molecule has 110 valence electrons. The molecule has 0 aliphatic heterocycles. The highest BCUT2D eigenvalue weighted by Crippen LogP contribution is 2.32. The summed E-state index contributed by atoms with van der Waals surface area (Å²) < 4.78 is 51.5. The Morgan fingerprint density at radius 3 is 2.38 bits per heavy atom. The van der Waals surface area contributed by atoms with Gasteiger partial charge in [-0.05, 0) is 30.3 Å². The quantitative estimate of drug-likeness (QED) is 0.831. The van der Waals surface area contributed by atoms with E-state index in [9.17, 15) is 22.4 Å². The lowest BCUT2D eigenvalue weighted by atomic mass is 10.1. The third-order valence-corrected chi connectivity index (χ3v) is 2.70. The van der Waals surface area contributed by atoms with E-state index < -0.39 is 23.5 Å². The number of benzene rings is 2. The van der Waals surface area contributed by atoms with Crippen LogP contribution in [-0.2, 0) is 6.18 Å². The molecule has 0 heterocycles. The standard InChI is InChI=1S/C14H9F4NO2/c15-11-6-2-5-10(13(20)21)12(11)19-9-4-1-3-8(7-9)14(16,17)18/h1-7,19H,(H,20,21). The van der Waals surface area contributed by atoms with E-state index in [0.29, 0.717) is 0 Å². The van der Waals surface area contributed by atoms with Crippen LogP contribution in [0, 0.1) is 5.82 Å². The average Bonchev–Trinajstić information content (AvgIpc) is 2.40. The number of anilines is 2. The molecule has 0 amide bonds. The topological polar surface area (TPSA) is 49.3 Å². The van der Waals surface area contributed by atoms with Gasteiger partial charge in [0.25, 0.3) is 0 Å². The summed E-state index contributed by atoms with van der Waals surface area (Å²) in [6.45, 7) is 0. The Bertz CT molecular complexity index is 683. The summed E-state index contributed by atoms with van der Waals surface area (Å²) in [5, 5.41) is 11.3. The smallest absolute Gasteiger partial charge is 0.416 e. The summed E-state index contributed by atoms with van der Waals surface area (Å²) in [6.07, 6.45) is -4.54. The molecule has 0 atom stereocenters. The molecule has 0 aliphatic carbocycles. The maximum Gasteiger partial charge on any atom is 0.416 e. The third-order valence-electron chi connectivity index (χ3n) is 2.70. The van der Waals surface area contributed by atoms with Gasteiger partial charge >= 0.3 is 12.1 Å². The summed E-state index contributed by atoms with van der Waals surface area (Å²) in [5.74, 6) is -2.25. The first-order valence-corrected chi connectivity index (χ1v) is 5.75. The van der Waals surface area contributed by atoms with Crippen molar-refractivity contribution >= 4 is 17.3 Å². The number of carbonyl (C=O) groups is 1. The molecule has 7 heteroatoms. The minimum atomic E-state index is -4.54. The van der Waals surface area contributed by atoms with Crippen LogP contribution in [0.5, 0.6) is 0 Å². The number of para-hydroxylation sites is 1. The Balaban J connectivity index is 2.42. The van der Waals surface area contributed by atoms with Gasteiger partial charge in [-0.2, -0.15) is 13.2 Å². The normalized spacial score (nSPS) is 11.2. The van der Waals surface area contributed by atoms with Crippen molar-refractivity contribution in [2.24, 2.45) is 0 Å². The van der Waals surface area contributed by atoms with Gasteiger partial charge in [-0.15, -0.1) is 0 Å². The zero-order chi connectivity index (χ0) is 15.6. The predicted molar refractivity (Wildman–Crippen MR) is 68.1 cm³/mol. The van der Waals surface area contributed by atoms with Crippen molar-refractivity contribution in [3.8, 4) is 0 Å². The van der Waals surface area contributed by atoms with E-state index in [1.807, 2.05) is 0 Å². The Morgan fingerprint density at radius 1 is 1.10 bits per heavy atom. The highest BCUT2D eigenvalue weighted by Gasteiger charge is 2.30. The number of aromatic carboxylic acids is 1. The molecule has 3 nitrogen and oxygen atoms in total. The molecule has 2 aromatic rings. The third kappa shape index (κ3) is 3.31. The van der Waals surface area contributed by atoms with Crippen molar-refractivity contribution < 1.29 is 27.5 Å². The van der Waals surface area contributed by atoms with Gasteiger partial charge in [-0.1, -0.05) is 12.1 Å². The van der Waals surface area contributed by atoms with Crippen molar-refractivity contribution in [3.63, 3.8) is 0 Å². The van der Waals surface area contributed by atoms with Gasteiger partial charge in [0.05, 0.1) is 16.8 Å². The lowest BCUT2D eigenvalue weighted by molar-refractivity contribution is -0.137. The predicted octanol–water partition coefficient (Wildman–Crippen LogP) is 4.29. The molecule has 0 bridgehead atoms. The molecule has 0 saturated carbocycles. The number of halogens is 4. The molecule has 0 fully saturated rings. The van der Waals surface area contributed by atoms with Crippen LogP contribution in [-0.4, -0.2) is 11.1 Å². The molecular weight excluding hydrogens is 290 g/mol. The maximum absolute atomic E-state index is 13.7. The van der Waals surface area contributed by atoms with E-state index in [-0.39, 0.29) is 16.9 Å². The summed E-state index contributed by atoms with van der Waals surface area (Å²) in [5.41, 5.74) is -1.73. The Kier molecular flexibility index (Phi) is 3.84. The minimum Gasteiger partial charge on any atom is -0.478 e. The maximum atomic E-state index is 13.7. The largest absolute Gasteiger partial charge is 0.478 e. The summed E-state index contributed by atoms with van der Waals surface area (Å²) >= 11 is 0. The lowest BCUT2D eigenvalue weighted by Crippen LogP contribution is -2.07. The van der Waals surface area contributed by atoms with Crippen LogP contribution in [0.4, 0.5) is 28.9 Å². The molecule has 0 aromatic heterocycles. The van der Waals surface area contributed by atoms with E-state index in [1.165, 1.54) is 12.1 Å². The molecular formula is C14H9F4NO2. The molecule has 2 aromatic carbocycles. The molecule has 2 N–H and O–H groups in total. The number of nitrogens with one attached hydrogen (secondary N) is 1. The zero-order valence-electron chi connectivity index (χ0n) is 10.4. The van der Waals surface area contributed by atoms with Crippen LogP contribution in [0.15, 0.2) is 42.5 Å². The van der Waals surface area contributed by atoms with Gasteiger partial charge in [0.2, 0.25) is 0 Å². The minimum absolute atomic E-state index is 0.0579. The first kappa shape index (κ1) is 14.8. The lowest BCUT2D eigenvalue weighted by Gasteiger charge is -2.13. The van der Waals surface area contributed by atoms with Crippen LogP contribution >= 0.6 is 0 Å². The number of hydrogen-bond acceptors (Lipinski definition) is 2. The summed E-state index contributed by atoms with van der Waals surface area (Å²) in [7, 11) is 0. The van der Waals surface area contributed by atoms with E-state index in [4.69, 9.17) is 5.11 Å². The Labute approximate surface area is 116 Å². The van der Waals surface area contributed by atoms with E-state index in [0.717, 1.165) is 30.3 Å². The van der Waals surface area contributed by atoms with Crippen molar-refractivity contribution in [2.75, 3.05) is 5.32 Å². The Morgan fingerprint density at radius 2 is 1.76 bits per heavy atom. The van der Waals surface area contributed by atoms with Crippen molar-refractivity contribution in [2.45, 2.75) is 6.18 Å². The molecule has 0 saturated heterocycles. The highest BCUT2D eigenvalue weighted by atomic mass is 19.4. The van der Waals surface area contributed by atoms with Crippen LogP contribution in [0.2, 0.25) is 0 Å². The molecule has 2 rings (SSSR count). The molecule has 0 radical (unpaired) electrons. The second kappa shape index (κ2) is 5.43. The fourth-order valence-corrected chi connectivity index (χ4v) is 1.75. The number of carboxylic acid groups (broad SMARTS) is 1. The van der Waals surface area contributed by atoms with Gasteiger partial charge in [0.1, 0.15) is 5.82 Å². The van der Waals surface area contributed by atoms with Crippen LogP contribution < -0.4 is 5.32 Å². The first-order chi connectivity index (χ1) is 9.79. The fraction of sp³-hybridized carbons (Fsp3) is 0.0714. The number of hydrogen-bond donors (Lipinski definition) is 2. The molecule has 0 aliphatic rings. The summed E-state index contributed by atoms with van der Waals surface area (Å²) in [6, 6.07) is 7.45. The highest BCUT2D eigenvalue weighted by molar-refractivity contribution is 5.95. The second-order valence-corrected chi connectivity index (χ2v) is 4.17. The van der Waals surface area contributed by atoms with Crippen LogP contribution in [0.3, 0.4) is 0 Å². The van der Waals surface area contributed by atoms with E-state index in [2.05, 4.69) is 5.32 Å². The van der Waals surface area contributed by atoms with Gasteiger partial charge in [-0.25, -0.2) is 9.18 Å². The number of carboxylic acids is 1. The summed E-state index contributed by atoms with van der Waals surface area (Å²) in [4.78, 5) is 11.0. The van der Waals surface area contributed by atoms with Gasteiger partial charge in [0.15, 0.2) is 0 Å². The van der Waals surface area contributed by atoms with Crippen LogP contribution in [0.25, 0.3) is 0 Å². The van der Waals surface area contributed by atoms with Gasteiger partial charge in [0, 0.05) is 5.69 Å². The fourth-order valence-electron chi connectivity index (χ4n) is 1.75. The van der Waals surface area contributed by atoms with Gasteiger partial charge < -0.3 is 10.4 Å². The molecule has 0 spiro atoms. The average molecular weight is 299 g/mol. The van der Waals surface area contributed by atoms with Crippen molar-refractivity contribution in [1.29, 1.82) is 0 Å². The molecule has 21 heavy (non-hydrogen) atoms. The first-order valence-electron chi connectivity index (χ1n) is 5.75. The Hall–Kier alpha value is -2.57. The zero-order valence-corrected chi connectivity index (χ0v) is 10.4. The van der Waals surface area contributed by atoms with E-state index in [1.54, 1.807) is 0 Å². The SMILES string of the molecule is O=C(O)c1cccc(F)c1Nc1cccc(C(F)(F)F)c1.